The molecule has 5 heteroatoms. The van der Waals surface area contributed by atoms with E-state index < -0.39 is 0 Å². The number of hydrogen-bond acceptors (Lipinski definition) is 3. The molecule has 0 atom stereocenters. The van der Waals surface area contributed by atoms with E-state index >= 15 is 0 Å². The normalized spacial score (nSPS) is 14.5. The molecule has 1 heterocycles. The Labute approximate surface area is 123 Å². The molecule has 0 aliphatic heterocycles. The third-order valence-corrected chi connectivity index (χ3v) is 3.86. The van der Waals surface area contributed by atoms with Gasteiger partial charge in [0.25, 0.3) is 0 Å². The summed E-state index contributed by atoms with van der Waals surface area (Å²) in [6.45, 7) is 0.649. The molecule has 0 spiro atoms. The predicted octanol–water partition coefficient (Wildman–Crippen LogP) is 2.68. The van der Waals surface area contributed by atoms with E-state index in [2.05, 4.69) is 10.4 Å². The highest BCUT2D eigenvalue weighted by Crippen LogP contribution is 2.27. The van der Waals surface area contributed by atoms with Gasteiger partial charge in [-0.2, -0.15) is 5.10 Å². The summed E-state index contributed by atoms with van der Waals surface area (Å²) >= 11 is 0. The second-order valence-corrected chi connectivity index (χ2v) is 5.40. The van der Waals surface area contributed by atoms with Gasteiger partial charge in [-0.05, 0) is 30.5 Å². The van der Waals surface area contributed by atoms with Crippen LogP contribution in [0.5, 0.6) is 5.75 Å². The number of amides is 1. The average molecular weight is 285 g/mol. The number of ether oxygens (including phenoxy) is 1. The van der Waals surface area contributed by atoms with Crippen molar-refractivity contribution in [1.82, 2.24) is 9.78 Å². The molecule has 0 bridgehead atoms. The molecule has 1 saturated carbocycles. The largest absolute Gasteiger partial charge is 0.497 e. The summed E-state index contributed by atoms with van der Waals surface area (Å²) in [5, 5.41) is 7.21. The van der Waals surface area contributed by atoms with E-state index in [0.717, 1.165) is 36.3 Å². The van der Waals surface area contributed by atoms with Crippen molar-refractivity contribution in [3.63, 3.8) is 0 Å². The maximum Gasteiger partial charge on any atom is 0.227 e. The van der Waals surface area contributed by atoms with Crippen LogP contribution in [0.1, 0.15) is 24.8 Å². The fourth-order valence-electron chi connectivity index (χ4n) is 2.39. The van der Waals surface area contributed by atoms with Crippen LogP contribution in [0, 0.1) is 5.92 Å². The smallest absolute Gasteiger partial charge is 0.227 e. The van der Waals surface area contributed by atoms with E-state index in [1.54, 1.807) is 13.3 Å². The third kappa shape index (κ3) is 3.24. The number of methoxy groups -OCH3 is 1. The third-order valence-electron chi connectivity index (χ3n) is 3.86. The molecule has 1 aromatic heterocycles. The molecular weight excluding hydrogens is 266 g/mol. The van der Waals surface area contributed by atoms with Crippen molar-refractivity contribution in [2.75, 3.05) is 12.4 Å². The summed E-state index contributed by atoms with van der Waals surface area (Å²) in [6, 6.07) is 7.87. The minimum atomic E-state index is 0.113. The van der Waals surface area contributed by atoms with Gasteiger partial charge in [-0.15, -0.1) is 0 Å². The van der Waals surface area contributed by atoms with E-state index in [1.165, 1.54) is 0 Å². The zero-order chi connectivity index (χ0) is 14.7. The number of aromatic nitrogens is 2. The number of benzene rings is 1. The lowest BCUT2D eigenvalue weighted by molar-refractivity contribution is -0.122. The lowest BCUT2D eigenvalue weighted by atomic mass is 9.85. The average Bonchev–Trinajstić information content (AvgIpc) is 2.84. The molecule has 2 aromatic rings. The first kappa shape index (κ1) is 13.7. The topological polar surface area (TPSA) is 56.1 Å². The van der Waals surface area contributed by atoms with Crippen LogP contribution in [0.2, 0.25) is 0 Å². The Morgan fingerprint density at radius 2 is 2.33 bits per heavy atom. The van der Waals surface area contributed by atoms with Crippen molar-refractivity contribution in [3.05, 3.63) is 42.2 Å². The Balaban J connectivity index is 1.62. The van der Waals surface area contributed by atoms with Crippen LogP contribution in [-0.2, 0) is 11.3 Å². The van der Waals surface area contributed by atoms with E-state index in [1.807, 2.05) is 35.1 Å². The summed E-state index contributed by atoms with van der Waals surface area (Å²) in [6.07, 6.45) is 6.72. The molecule has 5 nitrogen and oxygen atoms in total. The number of carbonyl (C=O) groups excluding carboxylic acids is 1. The minimum absolute atomic E-state index is 0.113. The Bertz CT molecular complexity index is 632. The number of nitrogens with zero attached hydrogens (tertiary/aromatic N) is 2. The standard InChI is InChI=1S/C16H19N3O2/c1-21-15-7-2-4-12(8-15)10-19-11-14(9-17-19)18-16(20)13-5-3-6-13/h2,4,7-9,11,13H,3,5-6,10H2,1H3,(H,18,20). The highest BCUT2D eigenvalue weighted by molar-refractivity contribution is 5.92. The van der Waals surface area contributed by atoms with Gasteiger partial charge in [0, 0.05) is 12.1 Å². The molecule has 1 aromatic carbocycles. The van der Waals surface area contributed by atoms with Crippen LogP contribution >= 0.6 is 0 Å². The first-order valence-electron chi connectivity index (χ1n) is 7.21. The fourth-order valence-corrected chi connectivity index (χ4v) is 2.39. The second-order valence-electron chi connectivity index (χ2n) is 5.40. The maximum absolute atomic E-state index is 11.9. The first-order valence-corrected chi connectivity index (χ1v) is 7.21. The molecule has 1 aliphatic carbocycles. The van der Waals surface area contributed by atoms with E-state index in [9.17, 15) is 4.79 Å². The highest BCUT2D eigenvalue weighted by Gasteiger charge is 2.25. The monoisotopic (exact) mass is 285 g/mol. The van der Waals surface area contributed by atoms with Crippen LogP contribution in [0.15, 0.2) is 36.7 Å². The molecule has 0 unspecified atom stereocenters. The van der Waals surface area contributed by atoms with Crippen molar-refractivity contribution in [2.45, 2.75) is 25.8 Å². The van der Waals surface area contributed by atoms with Gasteiger partial charge in [-0.3, -0.25) is 9.48 Å². The van der Waals surface area contributed by atoms with Crippen LogP contribution in [-0.4, -0.2) is 22.8 Å². The molecule has 1 N–H and O–H groups in total. The molecule has 0 radical (unpaired) electrons. The summed E-state index contributed by atoms with van der Waals surface area (Å²) in [5.74, 6) is 1.13. The SMILES string of the molecule is COc1cccc(Cn2cc(NC(=O)C3CCC3)cn2)c1. The van der Waals surface area contributed by atoms with Crippen molar-refractivity contribution in [1.29, 1.82) is 0 Å². The number of anilines is 1. The van der Waals surface area contributed by atoms with Gasteiger partial charge in [0.1, 0.15) is 5.75 Å². The molecular formula is C16H19N3O2. The summed E-state index contributed by atoms with van der Waals surface area (Å²) in [4.78, 5) is 11.9. The van der Waals surface area contributed by atoms with Crippen molar-refractivity contribution in [2.24, 2.45) is 5.92 Å². The van der Waals surface area contributed by atoms with E-state index in [0.29, 0.717) is 6.54 Å². The molecule has 1 amide bonds. The van der Waals surface area contributed by atoms with E-state index in [4.69, 9.17) is 4.74 Å². The van der Waals surface area contributed by atoms with Gasteiger partial charge in [0.05, 0.1) is 25.5 Å². The van der Waals surface area contributed by atoms with Gasteiger partial charge in [0.2, 0.25) is 5.91 Å². The molecule has 3 rings (SSSR count). The Morgan fingerprint density at radius 3 is 3.05 bits per heavy atom. The zero-order valence-electron chi connectivity index (χ0n) is 12.1. The molecule has 0 saturated heterocycles. The Morgan fingerprint density at radius 1 is 1.48 bits per heavy atom. The first-order chi connectivity index (χ1) is 10.2. The summed E-state index contributed by atoms with van der Waals surface area (Å²) in [7, 11) is 1.65. The van der Waals surface area contributed by atoms with Gasteiger partial charge in [0.15, 0.2) is 0 Å². The lowest BCUT2D eigenvalue weighted by Crippen LogP contribution is -2.27. The predicted molar refractivity (Wildman–Crippen MR) is 80.3 cm³/mol. The maximum atomic E-state index is 11.9. The number of carbonyl (C=O) groups is 1. The Hall–Kier alpha value is -2.30. The van der Waals surface area contributed by atoms with Crippen LogP contribution in [0.4, 0.5) is 5.69 Å². The van der Waals surface area contributed by atoms with Gasteiger partial charge >= 0.3 is 0 Å². The quantitative estimate of drug-likeness (QED) is 0.919. The van der Waals surface area contributed by atoms with Crippen molar-refractivity contribution in [3.8, 4) is 5.75 Å². The summed E-state index contributed by atoms with van der Waals surface area (Å²) in [5.41, 5.74) is 1.86. The Kier molecular flexibility index (Phi) is 3.90. The number of hydrogen-bond donors (Lipinski definition) is 1. The summed E-state index contributed by atoms with van der Waals surface area (Å²) < 4.78 is 7.02. The number of nitrogens with one attached hydrogen (secondary N) is 1. The van der Waals surface area contributed by atoms with Crippen LogP contribution in [0.3, 0.4) is 0 Å². The van der Waals surface area contributed by atoms with E-state index in [-0.39, 0.29) is 11.8 Å². The minimum Gasteiger partial charge on any atom is -0.497 e. The van der Waals surface area contributed by atoms with Gasteiger partial charge < -0.3 is 10.1 Å². The van der Waals surface area contributed by atoms with Crippen LogP contribution in [0.25, 0.3) is 0 Å². The van der Waals surface area contributed by atoms with Gasteiger partial charge in [-0.25, -0.2) is 0 Å². The molecule has 1 fully saturated rings. The number of rotatable bonds is 5. The van der Waals surface area contributed by atoms with Crippen molar-refractivity contribution < 1.29 is 9.53 Å². The molecule has 21 heavy (non-hydrogen) atoms. The molecule has 110 valence electrons. The lowest BCUT2D eigenvalue weighted by Gasteiger charge is -2.23. The fraction of sp³-hybridized carbons (Fsp3) is 0.375. The van der Waals surface area contributed by atoms with Crippen molar-refractivity contribution >= 4 is 11.6 Å². The van der Waals surface area contributed by atoms with Crippen LogP contribution < -0.4 is 10.1 Å². The van der Waals surface area contributed by atoms with Gasteiger partial charge in [-0.1, -0.05) is 18.6 Å². The second kappa shape index (κ2) is 5.99. The molecule has 1 aliphatic rings. The zero-order valence-corrected chi connectivity index (χ0v) is 12.1. The highest BCUT2D eigenvalue weighted by atomic mass is 16.5.